The average Bonchev–Trinajstić information content (AvgIpc) is 2.81. The Morgan fingerprint density at radius 3 is 2.32 bits per heavy atom. The van der Waals surface area contributed by atoms with Gasteiger partial charge in [0.15, 0.2) is 9.84 Å². The van der Waals surface area contributed by atoms with Gasteiger partial charge in [-0.25, -0.2) is 8.42 Å². The fourth-order valence-corrected chi connectivity index (χ4v) is 4.78. The lowest BCUT2D eigenvalue weighted by Gasteiger charge is -2.16. The number of pyridine rings is 1. The SMILES string of the molecule is CC(C)c1cc(-c2cccc(C(Cc3ccc(S(C)(=O)=O)cc3)C(=O)O)c2)c2ncccc2c1. The summed E-state index contributed by atoms with van der Waals surface area (Å²) in [5.41, 5.74) is 5.43. The lowest BCUT2D eigenvalue weighted by atomic mass is 9.88. The van der Waals surface area contributed by atoms with Crippen LogP contribution in [0.4, 0.5) is 0 Å². The predicted molar refractivity (Wildman–Crippen MR) is 135 cm³/mol. The van der Waals surface area contributed by atoms with Gasteiger partial charge in [0.1, 0.15) is 0 Å². The minimum absolute atomic E-state index is 0.217. The molecule has 0 saturated heterocycles. The molecule has 6 heteroatoms. The third kappa shape index (κ3) is 5.02. The molecule has 1 N–H and O–H groups in total. The summed E-state index contributed by atoms with van der Waals surface area (Å²) >= 11 is 0. The Kier molecular flexibility index (Phi) is 6.53. The molecule has 5 nitrogen and oxygen atoms in total. The molecule has 0 bridgehead atoms. The van der Waals surface area contributed by atoms with E-state index in [0.717, 1.165) is 33.8 Å². The predicted octanol–water partition coefficient (Wildman–Crippen LogP) is 5.84. The number of hydrogen-bond donors (Lipinski definition) is 1. The highest BCUT2D eigenvalue weighted by atomic mass is 32.2. The second-order valence-corrected chi connectivity index (χ2v) is 11.0. The van der Waals surface area contributed by atoms with Crippen LogP contribution in [-0.2, 0) is 21.1 Å². The number of rotatable bonds is 7. The number of aromatic nitrogens is 1. The molecule has 1 heterocycles. The number of carboxylic acid groups (broad SMARTS) is 1. The van der Waals surface area contributed by atoms with Crippen molar-refractivity contribution < 1.29 is 18.3 Å². The van der Waals surface area contributed by atoms with Crippen molar-refractivity contribution in [3.05, 3.63) is 95.7 Å². The van der Waals surface area contributed by atoms with Crippen LogP contribution in [0.3, 0.4) is 0 Å². The van der Waals surface area contributed by atoms with E-state index in [0.29, 0.717) is 11.5 Å². The van der Waals surface area contributed by atoms with Crippen LogP contribution in [0, 0.1) is 0 Å². The molecule has 0 saturated carbocycles. The molecule has 1 atom stereocenters. The van der Waals surface area contributed by atoms with E-state index in [-0.39, 0.29) is 11.3 Å². The first-order valence-corrected chi connectivity index (χ1v) is 13.0. The number of aliphatic carboxylic acids is 1. The Labute approximate surface area is 200 Å². The van der Waals surface area contributed by atoms with Gasteiger partial charge in [0.25, 0.3) is 0 Å². The zero-order valence-corrected chi connectivity index (χ0v) is 20.2. The van der Waals surface area contributed by atoms with Gasteiger partial charge in [0.05, 0.1) is 16.3 Å². The first kappa shape index (κ1) is 23.6. The van der Waals surface area contributed by atoms with Crippen molar-refractivity contribution in [3.63, 3.8) is 0 Å². The summed E-state index contributed by atoms with van der Waals surface area (Å²) < 4.78 is 23.5. The summed E-state index contributed by atoms with van der Waals surface area (Å²) in [6.07, 6.45) is 3.18. The number of hydrogen-bond acceptors (Lipinski definition) is 4. The monoisotopic (exact) mass is 473 g/mol. The van der Waals surface area contributed by atoms with Crippen molar-refractivity contribution in [1.29, 1.82) is 0 Å². The maximum atomic E-state index is 12.2. The van der Waals surface area contributed by atoms with Crippen molar-refractivity contribution in [2.45, 2.75) is 37.0 Å². The van der Waals surface area contributed by atoms with Crippen molar-refractivity contribution in [1.82, 2.24) is 4.98 Å². The molecule has 0 aliphatic carbocycles. The van der Waals surface area contributed by atoms with Crippen LogP contribution in [0.5, 0.6) is 0 Å². The minimum atomic E-state index is -3.30. The van der Waals surface area contributed by atoms with Crippen LogP contribution in [-0.4, -0.2) is 30.7 Å². The summed E-state index contributed by atoms with van der Waals surface area (Å²) in [6, 6.07) is 22.3. The molecule has 1 unspecified atom stereocenters. The summed E-state index contributed by atoms with van der Waals surface area (Å²) in [5.74, 6) is -1.35. The molecule has 0 aliphatic rings. The molecule has 4 rings (SSSR count). The van der Waals surface area contributed by atoms with E-state index >= 15 is 0 Å². The Bertz CT molecular complexity index is 1460. The van der Waals surface area contributed by atoms with Gasteiger partial charge < -0.3 is 5.11 Å². The zero-order valence-electron chi connectivity index (χ0n) is 19.4. The van der Waals surface area contributed by atoms with Gasteiger partial charge in [-0.05, 0) is 64.9 Å². The third-order valence-corrected chi connectivity index (χ3v) is 7.21. The maximum absolute atomic E-state index is 12.2. The Morgan fingerprint density at radius 2 is 1.68 bits per heavy atom. The highest BCUT2D eigenvalue weighted by molar-refractivity contribution is 7.90. The van der Waals surface area contributed by atoms with Gasteiger partial charge >= 0.3 is 5.97 Å². The molecular formula is C28H27NO4S. The Hall–Kier alpha value is -3.51. The van der Waals surface area contributed by atoms with Crippen LogP contribution in [0.1, 0.15) is 42.4 Å². The van der Waals surface area contributed by atoms with E-state index in [1.165, 1.54) is 17.7 Å². The van der Waals surface area contributed by atoms with Gasteiger partial charge in [-0.2, -0.15) is 0 Å². The second-order valence-electron chi connectivity index (χ2n) is 8.93. The van der Waals surface area contributed by atoms with Gasteiger partial charge in [-0.1, -0.05) is 56.3 Å². The van der Waals surface area contributed by atoms with Crippen LogP contribution in [0.2, 0.25) is 0 Å². The van der Waals surface area contributed by atoms with Gasteiger partial charge in [-0.3, -0.25) is 9.78 Å². The van der Waals surface area contributed by atoms with Crippen LogP contribution in [0.15, 0.2) is 83.9 Å². The molecule has 174 valence electrons. The van der Waals surface area contributed by atoms with Gasteiger partial charge in [-0.15, -0.1) is 0 Å². The summed E-state index contributed by atoms with van der Waals surface area (Å²) in [4.78, 5) is 17.0. The molecule has 0 aliphatic heterocycles. The lowest BCUT2D eigenvalue weighted by molar-refractivity contribution is -0.138. The maximum Gasteiger partial charge on any atom is 0.311 e. The van der Waals surface area contributed by atoms with Crippen molar-refractivity contribution in [3.8, 4) is 11.1 Å². The topological polar surface area (TPSA) is 84.3 Å². The Balaban J connectivity index is 1.74. The zero-order chi connectivity index (χ0) is 24.5. The summed E-state index contributed by atoms with van der Waals surface area (Å²) in [7, 11) is -3.30. The lowest BCUT2D eigenvalue weighted by Crippen LogP contribution is -2.14. The molecule has 0 spiro atoms. The number of carbonyl (C=O) groups is 1. The smallest absolute Gasteiger partial charge is 0.311 e. The number of fused-ring (bicyclic) bond motifs is 1. The van der Waals surface area contributed by atoms with Crippen molar-refractivity contribution in [2.75, 3.05) is 6.26 Å². The standard InChI is InChI=1S/C28H27NO4S/c1-18(2)23-16-22-8-5-13-29-27(22)25(17-23)20-6-4-7-21(15-20)26(28(30)31)14-19-9-11-24(12-10-19)34(3,32)33/h4-13,15-18,26H,14H2,1-3H3,(H,30,31). The van der Waals surface area contributed by atoms with Gasteiger partial charge in [0, 0.05) is 23.4 Å². The minimum Gasteiger partial charge on any atom is -0.481 e. The van der Waals surface area contributed by atoms with Crippen LogP contribution < -0.4 is 0 Å². The van der Waals surface area contributed by atoms with E-state index in [2.05, 4.69) is 31.0 Å². The molecule has 0 amide bonds. The van der Waals surface area contributed by atoms with E-state index in [9.17, 15) is 18.3 Å². The molecule has 4 aromatic rings. The highest BCUT2D eigenvalue weighted by Gasteiger charge is 2.22. The van der Waals surface area contributed by atoms with Crippen molar-refractivity contribution in [2.24, 2.45) is 0 Å². The third-order valence-electron chi connectivity index (χ3n) is 6.08. The molecule has 0 radical (unpaired) electrons. The number of carboxylic acids is 1. The van der Waals surface area contributed by atoms with E-state index in [1.54, 1.807) is 18.3 Å². The van der Waals surface area contributed by atoms with E-state index in [4.69, 9.17) is 0 Å². The number of nitrogens with zero attached hydrogens (tertiary/aromatic N) is 1. The molecule has 0 fully saturated rings. The number of benzene rings is 3. The number of sulfone groups is 1. The van der Waals surface area contributed by atoms with Crippen LogP contribution in [0.25, 0.3) is 22.0 Å². The largest absolute Gasteiger partial charge is 0.481 e. The molecule has 3 aromatic carbocycles. The summed E-state index contributed by atoms with van der Waals surface area (Å²) in [5, 5.41) is 11.1. The van der Waals surface area contributed by atoms with E-state index in [1.807, 2.05) is 36.4 Å². The normalized spacial score (nSPS) is 12.7. The fraction of sp³-hybridized carbons (Fsp3) is 0.214. The summed E-state index contributed by atoms with van der Waals surface area (Å²) in [6.45, 7) is 4.29. The fourth-order valence-electron chi connectivity index (χ4n) is 4.15. The molecule has 34 heavy (non-hydrogen) atoms. The quantitative estimate of drug-likeness (QED) is 0.364. The van der Waals surface area contributed by atoms with Gasteiger partial charge in [0.2, 0.25) is 0 Å². The second kappa shape index (κ2) is 9.39. The first-order chi connectivity index (χ1) is 16.1. The first-order valence-electron chi connectivity index (χ1n) is 11.1. The molecular weight excluding hydrogens is 446 g/mol. The van der Waals surface area contributed by atoms with Crippen LogP contribution >= 0.6 is 0 Å². The molecule has 1 aromatic heterocycles. The van der Waals surface area contributed by atoms with Crippen molar-refractivity contribution >= 4 is 26.7 Å². The van der Waals surface area contributed by atoms with E-state index < -0.39 is 21.7 Å². The average molecular weight is 474 g/mol. The Morgan fingerprint density at radius 1 is 0.941 bits per heavy atom. The highest BCUT2D eigenvalue weighted by Crippen LogP contribution is 2.33.